The van der Waals surface area contributed by atoms with Gasteiger partial charge < -0.3 is 19.5 Å². The number of amides is 1. The summed E-state index contributed by atoms with van der Waals surface area (Å²) in [7, 11) is 3.17. The summed E-state index contributed by atoms with van der Waals surface area (Å²) in [6.45, 7) is 0.315. The zero-order chi connectivity index (χ0) is 20.6. The number of hydrogen-bond donors (Lipinski definition) is 1. The van der Waals surface area contributed by atoms with Gasteiger partial charge in [-0.15, -0.1) is 0 Å². The van der Waals surface area contributed by atoms with Crippen molar-refractivity contribution in [3.05, 3.63) is 88.4 Å². The lowest BCUT2D eigenvalue weighted by Gasteiger charge is -2.24. The Bertz CT molecular complexity index is 1050. The molecular weight excluding hydrogens is 390 g/mol. The highest BCUT2D eigenvalue weighted by Gasteiger charge is 2.51. The predicted octanol–water partition coefficient (Wildman–Crippen LogP) is 4.14. The van der Waals surface area contributed by atoms with Gasteiger partial charge in [0.2, 0.25) is 0 Å². The summed E-state index contributed by atoms with van der Waals surface area (Å²) in [6, 6.07) is 19.4. The van der Waals surface area contributed by atoms with E-state index in [1.54, 1.807) is 61.6 Å². The van der Waals surface area contributed by atoms with Crippen molar-refractivity contribution in [2.45, 2.75) is 12.1 Å². The molecule has 148 valence electrons. The molecule has 0 saturated heterocycles. The first kappa shape index (κ1) is 19.3. The van der Waals surface area contributed by atoms with E-state index in [-0.39, 0.29) is 0 Å². The van der Waals surface area contributed by atoms with Crippen LogP contribution in [-0.2, 0) is 16.9 Å². The number of carbonyl (C=O) groups is 1. The van der Waals surface area contributed by atoms with Gasteiger partial charge in [0.05, 0.1) is 26.5 Å². The van der Waals surface area contributed by atoms with Crippen LogP contribution in [0.5, 0.6) is 11.5 Å². The van der Waals surface area contributed by atoms with Crippen LogP contribution in [0.2, 0.25) is 5.02 Å². The minimum atomic E-state index is -1.82. The van der Waals surface area contributed by atoms with Crippen LogP contribution in [0.3, 0.4) is 0 Å². The van der Waals surface area contributed by atoms with E-state index in [1.807, 2.05) is 24.3 Å². The van der Waals surface area contributed by atoms with Crippen LogP contribution in [0.15, 0.2) is 66.7 Å². The summed E-state index contributed by atoms with van der Waals surface area (Å²) in [4.78, 5) is 15.0. The molecule has 3 aromatic rings. The van der Waals surface area contributed by atoms with Crippen molar-refractivity contribution in [1.82, 2.24) is 0 Å². The molecule has 6 heteroatoms. The van der Waals surface area contributed by atoms with E-state index < -0.39 is 11.5 Å². The molecular formula is C23H20ClNO4. The van der Waals surface area contributed by atoms with E-state index in [0.717, 1.165) is 11.3 Å². The molecule has 0 aromatic heterocycles. The highest BCUT2D eigenvalue weighted by Crippen LogP contribution is 2.46. The van der Waals surface area contributed by atoms with E-state index in [1.165, 1.54) is 0 Å². The summed E-state index contributed by atoms with van der Waals surface area (Å²) in [6.07, 6.45) is 0. The molecule has 5 nitrogen and oxygen atoms in total. The Labute approximate surface area is 174 Å². The van der Waals surface area contributed by atoms with E-state index in [2.05, 4.69) is 0 Å². The lowest BCUT2D eigenvalue weighted by molar-refractivity contribution is -0.132. The fourth-order valence-electron chi connectivity index (χ4n) is 3.64. The summed E-state index contributed by atoms with van der Waals surface area (Å²) in [5, 5.41) is 12.0. The molecule has 0 fully saturated rings. The molecule has 0 bridgehead atoms. The number of carbonyl (C=O) groups excluding carboxylic acids is 1. The number of anilines is 1. The number of halogens is 1. The number of ether oxygens (including phenoxy) is 2. The van der Waals surface area contributed by atoms with Crippen molar-refractivity contribution in [3.8, 4) is 11.5 Å². The fraction of sp³-hybridized carbons (Fsp3) is 0.174. The van der Waals surface area contributed by atoms with Gasteiger partial charge in [-0.1, -0.05) is 35.9 Å². The van der Waals surface area contributed by atoms with Crippen LogP contribution in [-0.4, -0.2) is 25.2 Å². The smallest absolute Gasteiger partial charge is 0.268 e. The molecule has 0 radical (unpaired) electrons. The first-order chi connectivity index (χ1) is 14.0. The Balaban J connectivity index is 1.77. The third-order valence-corrected chi connectivity index (χ3v) is 5.44. The van der Waals surface area contributed by atoms with Crippen LogP contribution in [0, 0.1) is 0 Å². The number of methoxy groups -OCH3 is 2. The Hall–Kier alpha value is -3.02. The standard InChI is InChI=1S/C23H20ClNO4/c1-28-18-8-3-15(4-9-18)14-25-21-12-7-17(24)13-20(21)23(27,22(25)26)16-5-10-19(29-2)11-6-16/h3-13,27H,14H2,1-2H3/t23-/m1/s1. The molecule has 1 amide bonds. The van der Waals surface area contributed by atoms with Crippen LogP contribution >= 0.6 is 11.6 Å². The Morgan fingerprint density at radius 1 is 0.931 bits per heavy atom. The van der Waals surface area contributed by atoms with Gasteiger partial charge in [0.25, 0.3) is 5.91 Å². The molecule has 1 heterocycles. The molecule has 0 spiro atoms. The second kappa shape index (κ2) is 7.43. The first-order valence-electron chi connectivity index (χ1n) is 9.09. The van der Waals surface area contributed by atoms with Crippen molar-refractivity contribution in [2.24, 2.45) is 0 Å². The van der Waals surface area contributed by atoms with Gasteiger partial charge in [0, 0.05) is 10.6 Å². The molecule has 0 aliphatic carbocycles. The quantitative estimate of drug-likeness (QED) is 0.688. The molecule has 0 unspecified atom stereocenters. The second-order valence-electron chi connectivity index (χ2n) is 6.84. The van der Waals surface area contributed by atoms with Crippen molar-refractivity contribution >= 4 is 23.2 Å². The van der Waals surface area contributed by atoms with Crippen molar-refractivity contribution in [2.75, 3.05) is 19.1 Å². The first-order valence-corrected chi connectivity index (χ1v) is 9.47. The summed E-state index contributed by atoms with van der Waals surface area (Å²) >= 11 is 6.20. The summed E-state index contributed by atoms with van der Waals surface area (Å²) in [5.74, 6) is 0.961. The molecule has 1 aliphatic rings. The molecule has 0 saturated carbocycles. The minimum absolute atomic E-state index is 0.315. The summed E-state index contributed by atoms with van der Waals surface area (Å²) in [5.41, 5.74) is 0.657. The average molecular weight is 410 g/mol. The lowest BCUT2D eigenvalue weighted by Crippen LogP contribution is -2.40. The maximum atomic E-state index is 13.5. The second-order valence-corrected chi connectivity index (χ2v) is 7.28. The third-order valence-electron chi connectivity index (χ3n) is 5.20. The van der Waals surface area contributed by atoms with E-state index in [9.17, 15) is 9.90 Å². The van der Waals surface area contributed by atoms with E-state index in [0.29, 0.717) is 34.1 Å². The molecule has 4 rings (SSSR count). The van der Waals surface area contributed by atoms with Crippen molar-refractivity contribution in [3.63, 3.8) is 0 Å². The normalized spacial score (nSPS) is 17.9. The minimum Gasteiger partial charge on any atom is -0.497 e. The predicted molar refractivity (Wildman–Crippen MR) is 112 cm³/mol. The topological polar surface area (TPSA) is 59.0 Å². The molecule has 29 heavy (non-hydrogen) atoms. The van der Waals surface area contributed by atoms with E-state index >= 15 is 0 Å². The zero-order valence-electron chi connectivity index (χ0n) is 16.1. The number of fused-ring (bicyclic) bond motifs is 1. The van der Waals surface area contributed by atoms with Gasteiger partial charge in [-0.2, -0.15) is 0 Å². The van der Waals surface area contributed by atoms with Crippen molar-refractivity contribution in [1.29, 1.82) is 0 Å². The average Bonchev–Trinajstić information content (AvgIpc) is 2.96. The molecule has 1 atom stereocenters. The van der Waals surface area contributed by atoms with Crippen LogP contribution < -0.4 is 14.4 Å². The Morgan fingerprint density at radius 2 is 1.52 bits per heavy atom. The largest absolute Gasteiger partial charge is 0.497 e. The van der Waals surface area contributed by atoms with E-state index in [4.69, 9.17) is 21.1 Å². The number of benzene rings is 3. The maximum absolute atomic E-state index is 13.5. The highest BCUT2D eigenvalue weighted by molar-refractivity contribution is 6.31. The van der Waals surface area contributed by atoms with Gasteiger partial charge >= 0.3 is 0 Å². The third kappa shape index (κ3) is 3.22. The summed E-state index contributed by atoms with van der Waals surface area (Å²) < 4.78 is 10.4. The van der Waals surface area contributed by atoms with Crippen LogP contribution in [0.4, 0.5) is 5.69 Å². The number of rotatable bonds is 5. The zero-order valence-corrected chi connectivity index (χ0v) is 16.8. The Morgan fingerprint density at radius 3 is 2.10 bits per heavy atom. The van der Waals surface area contributed by atoms with Gasteiger partial charge in [-0.05, 0) is 53.6 Å². The maximum Gasteiger partial charge on any atom is 0.268 e. The van der Waals surface area contributed by atoms with Crippen LogP contribution in [0.25, 0.3) is 0 Å². The van der Waals surface area contributed by atoms with Gasteiger partial charge in [0.15, 0.2) is 5.60 Å². The number of hydrogen-bond acceptors (Lipinski definition) is 4. The van der Waals surface area contributed by atoms with Gasteiger partial charge in [0.1, 0.15) is 11.5 Å². The fourth-order valence-corrected chi connectivity index (χ4v) is 3.81. The monoisotopic (exact) mass is 409 g/mol. The number of aliphatic hydroxyl groups is 1. The van der Waals surface area contributed by atoms with Gasteiger partial charge in [-0.25, -0.2) is 0 Å². The SMILES string of the molecule is COc1ccc(CN2C(=O)[C@@](O)(c3ccc(OC)cc3)c3cc(Cl)ccc32)cc1. The highest BCUT2D eigenvalue weighted by atomic mass is 35.5. The molecule has 3 aromatic carbocycles. The molecule has 1 N–H and O–H groups in total. The van der Waals surface area contributed by atoms with Crippen LogP contribution in [0.1, 0.15) is 16.7 Å². The van der Waals surface area contributed by atoms with Crippen molar-refractivity contribution < 1.29 is 19.4 Å². The Kier molecular flexibility index (Phi) is 4.94. The molecule has 1 aliphatic heterocycles. The van der Waals surface area contributed by atoms with Gasteiger partial charge in [-0.3, -0.25) is 4.79 Å². The number of nitrogens with zero attached hydrogens (tertiary/aromatic N) is 1. The lowest BCUT2D eigenvalue weighted by atomic mass is 9.87.